The molecule has 0 aliphatic rings. The Kier molecular flexibility index (Phi) is 6.36. The van der Waals surface area contributed by atoms with E-state index >= 15 is 0 Å². The molecule has 0 aliphatic carbocycles. The lowest BCUT2D eigenvalue weighted by Crippen LogP contribution is -2.41. The maximum atomic E-state index is 11.7. The Balaban J connectivity index is 2.34. The van der Waals surface area contributed by atoms with Crippen LogP contribution in [0.15, 0.2) is 24.3 Å². The summed E-state index contributed by atoms with van der Waals surface area (Å²) in [5, 5.41) is 2.53. The second-order valence-corrected chi connectivity index (χ2v) is 4.17. The van der Waals surface area contributed by atoms with Gasteiger partial charge in [0, 0.05) is 13.1 Å². The largest absolute Gasteiger partial charge is 0.482 e. The number of carbonyl (C=O) groups is 2. The number of nitrogens with zero attached hydrogens (tertiary/aromatic N) is 1. The predicted octanol–water partition coefficient (Wildman–Crippen LogP) is 0.632. The van der Waals surface area contributed by atoms with E-state index in [1.165, 1.54) is 0 Å². The van der Waals surface area contributed by atoms with Crippen LogP contribution in [0.1, 0.15) is 13.8 Å². The Hall–Kier alpha value is -2.24. The fraction of sp³-hybridized carbons (Fsp3) is 0.429. The van der Waals surface area contributed by atoms with Crippen LogP contribution in [-0.2, 0) is 9.59 Å². The summed E-state index contributed by atoms with van der Waals surface area (Å²) in [6, 6.07) is 6.93. The van der Waals surface area contributed by atoms with Crippen LogP contribution < -0.4 is 15.8 Å². The summed E-state index contributed by atoms with van der Waals surface area (Å²) in [5.41, 5.74) is 6.16. The molecule has 6 heteroatoms. The zero-order chi connectivity index (χ0) is 15.0. The molecule has 0 unspecified atom stereocenters. The first-order valence-electron chi connectivity index (χ1n) is 6.60. The summed E-state index contributed by atoms with van der Waals surface area (Å²) in [7, 11) is 0. The van der Waals surface area contributed by atoms with Crippen molar-refractivity contribution in [1.29, 1.82) is 0 Å². The molecule has 110 valence electrons. The van der Waals surface area contributed by atoms with Gasteiger partial charge in [-0.2, -0.15) is 0 Å². The molecular weight excluding hydrogens is 258 g/mol. The van der Waals surface area contributed by atoms with Gasteiger partial charge in [-0.05, 0) is 26.0 Å². The summed E-state index contributed by atoms with van der Waals surface area (Å²) in [4.78, 5) is 24.9. The summed E-state index contributed by atoms with van der Waals surface area (Å²) in [5.74, 6) is -0.00551. The molecule has 0 spiro atoms. The third-order valence-electron chi connectivity index (χ3n) is 2.83. The van der Waals surface area contributed by atoms with E-state index in [4.69, 9.17) is 10.5 Å². The molecule has 0 bridgehead atoms. The second kappa shape index (κ2) is 8.04. The predicted molar refractivity (Wildman–Crippen MR) is 77.3 cm³/mol. The van der Waals surface area contributed by atoms with Gasteiger partial charge in [-0.25, -0.2) is 0 Å². The first-order chi connectivity index (χ1) is 9.58. The summed E-state index contributed by atoms with van der Waals surface area (Å²) in [6.07, 6.45) is 0. The van der Waals surface area contributed by atoms with Gasteiger partial charge in [0.15, 0.2) is 6.61 Å². The number of rotatable bonds is 7. The van der Waals surface area contributed by atoms with Crippen LogP contribution in [0.5, 0.6) is 5.75 Å². The fourth-order valence-electron chi connectivity index (χ4n) is 1.67. The van der Waals surface area contributed by atoms with Crippen molar-refractivity contribution in [2.24, 2.45) is 0 Å². The number of carbonyl (C=O) groups excluding carboxylic acids is 2. The number of hydrogen-bond acceptors (Lipinski definition) is 4. The normalized spacial score (nSPS) is 9.90. The quantitative estimate of drug-likeness (QED) is 0.717. The molecule has 3 N–H and O–H groups in total. The third-order valence-corrected chi connectivity index (χ3v) is 2.83. The summed E-state index contributed by atoms with van der Waals surface area (Å²) in [6.45, 7) is 4.85. The highest BCUT2D eigenvalue weighted by Crippen LogP contribution is 2.19. The molecule has 1 rings (SSSR count). The van der Waals surface area contributed by atoms with E-state index < -0.39 is 0 Å². The zero-order valence-corrected chi connectivity index (χ0v) is 11.9. The van der Waals surface area contributed by atoms with Crippen molar-refractivity contribution in [3.05, 3.63) is 24.3 Å². The Bertz CT molecular complexity index is 459. The number of nitrogens with one attached hydrogen (secondary N) is 1. The Morgan fingerprint density at radius 2 is 1.90 bits per heavy atom. The zero-order valence-electron chi connectivity index (χ0n) is 11.9. The molecule has 1 aromatic rings. The van der Waals surface area contributed by atoms with Crippen LogP contribution >= 0.6 is 0 Å². The Morgan fingerprint density at radius 1 is 1.25 bits per heavy atom. The molecule has 6 nitrogen and oxygen atoms in total. The van der Waals surface area contributed by atoms with Crippen molar-refractivity contribution in [3.63, 3.8) is 0 Å². The van der Waals surface area contributed by atoms with E-state index in [1.54, 1.807) is 29.2 Å². The van der Waals surface area contributed by atoms with Gasteiger partial charge in [0.1, 0.15) is 5.75 Å². The van der Waals surface area contributed by atoms with Crippen LogP contribution in [0, 0.1) is 0 Å². The van der Waals surface area contributed by atoms with Crippen LogP contribution in [0.4, 0.5) is 5.69 Å². The number of ether oxygens (including phenoxy) is 1. The average molecular weight is 279 g/mol. The number of benzene rings is 1. The monoisotopic (exact) mass is 279 g/mol. The number of anilines is 1. The highest BCUT2D eigenvalue weighted by molar-refractivity contribution is 5.85. The number of nitrogens with two attached hydrogens (primary N) is 1. The topological polar surface area (TPSA) is 84.7 Å². The molecule has 0 radical (unpaired) electrons. The number of nitrogen functional groups attached to an aromatic ring is 1. The Morgan fingerprint density at radius 3 is 2.50 bits per heavy atom. The lowest BCUT2D eigenvalue weighted by Gasteiger charge is -2.18. The smallest absolute Gasteiger partial charge is 0.258 e. The fourth-order valence-corrected chi connectivity index (χ4v) is 1.67. The van der Waals surface area contributed by atoms with Gasteiger partial charge < -0.3 is 20.7 Å². The van der Waals surface area contributed by atoms with Crippen molar-refractivity contribution >= 4 is 17.5 Å². The maximum Gasteiger partial charge on any atom is 0.258 e. The molecule has 0 heterocycles. The number of amides is 2. The molecule has 0 aromatic heterocycles. The first-order valence-corrected chi connectivity index (χ1v) is 6.60. The van der Waals surface area contributed by atoms with Crippen molar-refractivity contribution < 1.29 is 14.3 Å². The molecule has 0 saturated heterocycles. The molecule has 0 fully saturated rings. The Labute approximate surface area is 118 Å². The molecule has 2 amide bonds. The second-order valence-electron chi connectivity index (χ2n) is 4.17. The number of para-hydroxylation sites is 2. The minimum absolute atomic E-state index is 0.0197. The van der Waals surface area contributed by atoms with Gasteiger partial charge in [-0.3, -0.25) is 9.59 Å². The van der Waals surface area contributed by atoms with Crippen molar-refractivity contribution in [2.75, 3.05) is 32.0 Å². The van der Waals surface area contributed by atoms with Gasteiger partial charge in [0.05, 0.1) is 12.2 Å². The molecule has 0 atom stereocenters. The standard InChI is InChI=1S/C14H21N3O3/c1-3-17(4-2)14(19)9-16-13(18)10-20-12-8-6-5-7-11(12)15/h5-8H,3-4,9-10,15H2,1-2H3,(H,16,18). The van der Waals surface area contributed by atoms with Crippen LogP contribution in [0.25, 0.3) is 0 Å². The van der Waals surface area contributed by atoms with Crippen molar-refractivity contribution in [3.8, 4) is 5.75 Å². The molecular formula is C14H21N3O3. The minimum Gasteiger partial charge on any atom is -0.482 e. The van der Waals surface area contributed by atoms with Gasteiger partial charge in [0.25, 0.3) is 5.91 Å². The lowest BCUT2D eigenvalue weighted by atomic mass is 10.3. The van der Waals surface area contributed by atoms with E-state index in [9.17, 15) is 9.59 Å². The average Bonchev–Trinajstić information content (AvgIpc) is 2.45. The molecule has 0 saturated carbocycles. The van der Waals surface area contributed by atoms with Gasteiger partial charge in [-0.1, -0.05) is 12.1 Å². The first kappa shape index (κ1) is 15.8. The van der Waals surface area contributed by atoms with Gasteiger partial charge in [-0.15, -0.1) is 0 Å². The van der Waals surface area contributed by atoms with Crippen molar-refractivity contribution in [1.82, 2.24) is 10.2 Å². The van der Waals surface area contributed by atoms with E-state index in [-0.39, 0.29) is 25.0 Å². The van der Waals surface area contributed by atoms with E-state index in [0.717, 1.165) is 0 Å². The highest BCUT2D eigenvalue weighted by Gasteiger charge is 2.11. The number of likely N-dealkylation sites (N-methyl/N-ethyl adjacent to an activating group) is 1. The van der Waals surface area contributed by atoms with Gasteiger partial charge >= 0.3 is 0 Å². The van der Waals surface area contributed by atoms with Crippen LogP contribution in [0.3, 0.4) is 0 Å². The molecule has 0 aliphatic heterocycles. The van der Waals surface area contributed by atoms with Gasteiger partial charge in [0.2, 0.25) is 5.91 Å². The molecule has 20 heavy (non-hydrogen) atoms. The number of hydrogen-bond donors (Lipinski definition) is 2. The third kappa shape index (κ3) is 4.79. The van der Waals surface area contributed by atoms with Crippen molar-refractivity contribution in [2.45, 2.75) is 13.8 Å². The minimum atomic E-state index is -0.353. The lowest BCUT2D eigenvalue weighted by molar-refractivity contribution is -0.133. The highest BCUT2D eigenvalue weighted by atomic mass is 16.5. The molecule has 1 aromatic carbocycles. The maximum absolute atomic E-state index is 11.7. The van der Waals surface area contributed by atoms with E-state index in [2.05, 4.69) is 5.32 Å². The summed E-state index contributed by atoms with van der Waals surface area (Å²) >= 11 is 0. The van der Waals surface area contributed by atoms with Crippen LogP contribution in [-0.4, -0.2) is 43.0 Å². The van der Waals surface area contributed by atoms with Crippen LogP contribution in [0.2, 0.25) is 0 Å². The summed E-state index contributed by atoms with van der Waals surface area (Å²) < 4.78 is 5.28. The van der Waals surface area contributed by atoms with E-state index in [0.29, 0.717) is 24.5 Å². The van der Waals surface area contributed by atoms with E-state index in [1.807, 2.05) is 13.8 Å². The SMILES string of the molecule is CCN(CC)C(=O)CNC(=O)COc1ccccc1N.